The minimum atomic E-state index is -0.705. The lowest BCUT2D eigenvalue weighted by Crippen LogP contribution is -2.23. The predicted molar refractivity (Wildman–Crippen MR) is 93.6 cm³/mol. The van der Waals surface area contributed by atoms with Gasteiger partial charge in [-0.25, -0.2) is 0 Å². The summed E-state index contributed by atoms with van der Waals surface area (Å²) in [6, 6.07) is 0. The molecule has 0 atom stereocenters. The molecule has 0 amide bonds. The topological polar surface area (TPSA) is 74.6 Å². The standard InChI is InChI=1S/C19H36O4/c1-18(2,16(20)21)14-12-10-8-6-5-7-9-11-13-15-19(3,4)17(22)23/h5-15H2,1-4H3,(H,20,21)(H,22,23). The van der Waals surface area contributed by atoms with Gasteiger partial charge in [-0.05, 0) is 40.5 Å². The van der Waals surface area contributed by atoms with Crippen molar-refractivity contribution in [2.75, 3.05) is 0 Å². The fourth-order valence-electron chi connectivity index (χ4n) is 2.59. The van der Waals surface area contributed by atoms with E-state index in [0.29, 0.717) is 0 Å². The molecule has 0 aliphatic carbocycles. The van der Waals surface area contributed by atoms with Crippen molar-refractivity contribution in [2.24, 2.45) is 10.8 Å². The molecule has 0 aromatic heterocycles. The Morgan fingerprint density at radius 2 is 0.783 bits per heavy atom. The summed E-state index contributed by atoms with van der Waals surface area (Å²) >= 11 is 0. The quantitative estimate of drug-likeness (QED) is 0.413. The van der Waals surface area contributed by atoms with Gasteiger partial charge in [0.05, 0.1) is 10.8 Å². The second-order valence-electron chi connectivity index (χ2n) is 8.06. The van der Waals surface area contributed by atoms with Gasteiger partial charge in [-0.15, -0.1) is 0 Å². The Hall–Kier alpha value is -1.06. The Morgan fingerprint density at radius 3 is 1.00 bits per heavy atom. The van der Waals surface area contributed by atoms with E-state index in [2.05, 4.69) is 0 Å². The third-order valence-electron chi connectivity index (χ3n) is 4.76. The molecule has 0 aromatic carbocycles. The number of carboxylic acids is 2. The lowest BCUT2D eigenvalue weighted by atomic mass is 9.87. The van der Waals surface area contributed by atoms with Gasteiger partial charge >= 0.3 is 11.9 Å². The molecule has 4 heteroatoms. The molecule has 0 saturated heterocycles. The molecule has 4 nitrogen and oxygen atoms in total. The first kappa shape index (κ1) is 21.9. The van der Waals surface area contributed by atoms with Gasteiger partial charge in [0.25, 0.3) is 0 Å². The number of carboxylic acid groups (broad SMARTS) is 2. The minimum absolute atomic E-state index is 0.594. The van der Waals surface area contributed by atoms with Crippen LogP contribution in [0.25, 0.3) is 0 Å². The Balaban J connectivity index is 3.41. The largest absolute Gasteiger partial charge is 0.481 e. The van der Waals surface area contributed by atoms with E-state index < -0.39 is 22.8 Å². The van der Waals surface area contributed by atoms with E-state index in [1.807, 2.05) is 0 Å². The first-order valence-electron chi connectivity index (χ1n) is 9.06. The third-order valence-corrected chi connectivity index (χ3v) is 4.76. The van der Waals surface area contributed by atoms with Crippen molar-refractivity contribution < 1.29 is 19.8 Å². The van der Waals surface area contributed by atoms with Crippen molar-refractivity contribution in [1.29, 1.82) is 0 Å². The molecular formula is C19H36O4. The third kappa shape index (κ3) is 10.4. The van der Waals surface area contributed by atoms with Crippen LogP contribution in [0.15, 0.2) is 0 Å². The monoisotopic (exact) mass is 328 g/mol. The van der Waals surface area contributed by atoms with Gasteiger partial charge in [0.1, 0.15) is 0 Å². The van der Waals surface area contributed by atoms with E-state index >= 15 is 0 Å². The van der Waals surface area contributed by atoms with Gasteiger partial charge in [0, 0.05) is 0 Å². The lowest BCUT2D eigenvalue weighted by molar-refractivity contribution is -0.148. The summed E-state index contributed by atoms with van der Waals surface area (Å²) in [5.74, 6) is -1.41. The van der Waals surface area contributed by atoms with Crippen molar-refractivity contribution >= 4 is 11.9 Å². The van der Waals surface area contributed by atoms with E-state index in [1.54, 1.807) is 27.7 Å². The van der Waals surface area contributed by atoms with Crippen LogP contribution in [0.2, 0.25) is 0 Å². The maximum Gasteiger partial charge on any atom is 0.309 e. The Kier molecular flexibility index (Phi) is 10.2. The summed E-state index contributed by atoms with van der Waals surface area (Å²) in [5, 5.41) is 18.1. The number of hydrogen-bond donors (Lipinski definition) is 2. The maximum absolute atomic E-state index is 11.0. The van der Waals surface area contributed by atoms with E-state index in [-0.39, 0.29) is 0 Å². The summed E-state index contributed by atoms with van der Waals surface area (Å²) in [5.41, 5.74) is -1.19. The molecule has 0 saturated carbocycles. The van der Waals surface area contributed by atoms with Crippen molar-refractivity contribution in [3.8, 4) is 0 Å². The summed E-state index contributed by atoms with van der Waals surface area (Å²) in [7, 11) is 0. The van der Waals surface area contributed by atoms with Gasteiger partial charge in [-0.1, -0.05) is 57.8 Å². The Bertz CT molecular complexity index is 324. The molecule has 0 aliphatic rings. The molecular weight excluding hydrogens is 292 g/mol. The molecule has 0 unspecified atom stereocenters. The van der Waals surface area contributed by atoms with Crippen molar-refractivity contribution in [3.05, 3.63) is 0 Å². The van der Waals surface area contributed by atoms with E-state index in [0.717, 1.165) is 38.5 Å². The predicted octanol–water partition coefficient (Wildman–Crippen LogP) is 5.50. The van der Waals surface area contributed by atoms with Crippen LogP contribution in [0.3, 0.4) is 0 Å². The van der Waals surface area contributed by atoms with Gasteiger partial charge in [0.15, 0.2) is 0 Å². The number of hydrogen-bond acceptors (Lipinski definition) is 2. The Morgan fingerprint density at radius 1 is 0.565 bits per heavy atom. The average Bonchev–Trinajstić information content (AvgIpc) is 2.44. The SMILES string of the molecule is CC(C)(CCCCCCCCCCCC(C)(C)C(=O)O)C(=O)O. The summed E-state index contributed by atoms with van der Waals surface area (Å²) < 4.78 is 0. The molecule has 0 aromatic rings. The van der Waals surface area contributed by atoms with Crippen LogP contribution in [0, 0.1) is 10.8 Å². The zero-order valence-corrected chi connectivity index (χ0v) is 15.5. The van der Waals surface area contributed by atoms with E-state index in [4.69, 9.17) is 10.2 Å². The van der Waals surface area contributed by atoms with Crippen molar-refractivity contribution in [2.45, 2.75) is 98.3 Å². The maximum atomic E-state index is 11.0. The van der Waals surface area contributed by atoms with Crippen LogP contribution in [0.1, 0.15) is 98.3 Å². The summed E-state index contributed by atoms with van der Waals surface area (Å²) in [4.78, 5) is 22.0. The van der Waals surface area contributed by atoms with Crippen molar-refractivity contribution in [3.63, 3.8) is 0 Å². The van der Waals surface area contributed by atoms with E-state index in [9.17, 15) is 9.59 Å². The molecule has 0 fully saturated rings. The first-order chi connectivity index (χ1) is 10.6. The highest BCUT2D eigenvalue weighted by Crippen LogP contribution is 2.25. The van der Waals surface area contributed by atoms with E-state index in [1.165, 1.54) is 32.1 Å². The normalized spacial score (nSPS) is 12.3. The number of aliphatic carboxylic acids is 2. The number of unbranched alkanes of at least 4 members (excludes halogenated alkanes) is 8. The zero-order chi connectivity index (χ0) is 17.9. The Labute approximate surface area is 141 Å². The van der Waals surface area contributed by atoms with Gasteiger partial charge in [-0.3, -0.25) is 9.59 Å². The second-order valence-corrected chi connectivity index (χ2v) is 8.06. The zero-order valence-electron chi connectivity index (χ0n) is 15.5. The molecule has 0 radical (unpaired) electrons. The highest BCUT2D eigenvalue weighted by atomic mass is 16.4. The van der Waals surface area contributed by atoms with Gasteiger partial charge in [0.2, 0.25) is 0 Å². The van der Waals surface area contributed by atoms with Crippen LogP contribution in [-0.2, 0) is 9.59 Å². The fraction of sp³-hybridized carbons (Fsp3) is 0.895. The molecule has 0 heterocycles. The highest BCUT2D eigenvalue weighted by molar-refractivity contribution is 5.73. The molecule has 2 N–H and O–H groups in total. The first-order valence-corrected chi connectivity index (χ1v) is 9.06. The number of rotatable bonds is 14. The van der Waals surface area contributed by atoms with Crippen LogP contribution in [0.5, 0.6) is 0 Å². The summed E-state index contributed by atoms with van der Waals surface area (Å²) in [6.07, 6.45) is 11.7. The van der Waals surface area contributed by atoms with Crippen LogP contribution >= 0.6 is 0 Å². The van der Waals surface area contributed by atoms with Gasteiger partial charge < -0.3 is 10.2 Å². The minimum Gasteiger partial charge on any atom is -0.481 e. The molecule has 0 aliphatic heterocycles. The second kappa shape index (κ2) is 10.7. The molecule has 0 rings (SSSR count). The number of carbonyl (C=O) groups is 2. The summed E-state index contributed by atoms with van der Waals surface area (Å²) in [6.45, 7) is 7.17. The van der Waals surface area contributed by atoms with Crippen molar-refractivity contribution in [1.82, 2.24) is 0 Å². The fourth-order valence-corrected chi connectivity index (χ4v) is 2.59. The molecule has 136 valence electrons. The van der Waals surface area contributed by atoms with Crippen LogP contribution in [0.4, 0.5) is 0 Å². The van der Waals surface area contributed by atoms with Crippen LogP contribution in [-0.4, -0.2) is 22.2 Å². The van der Waals surface area contributed by atoms with Gasteiger partial charge in [-0.2, -0.15) is 0 Å². The smallest absolute Gasteiger partial charge is 0.309 e. The lowest BCUT2D eigenvalue weighted by Gasteiger charge is -2.18. The highest BCUT2D eigenvalue weighted by Gasteiger charge is 2.26. The van der Waals surface area contributed by atoms with Crippen LogP contribution < -0.4 is 0 Å². The molecule has 23 heavy (non-hydrogen) atoms. The average molecular weight is 328 g/mol. The molecule has 0 bridgehead atoms. The molecule has 0 spiro atoms.